The van der Waals surface area contributed by atoms with Crippen molar-refractivity contribution in [2.24, 2.45) is 0 Å². The van der Waals surface area contributed by atoms with Gasteiger partial charge in [-0.3, -0.25) is 0 Å². The topological polar surface area (TPSA) is 105 Å². The second kappa shape index (κ2) is 10.3. The van der Waals surface area contributed by atoms with Crippen molar-refractivity contribution >= 4 is 5.82 Å². The van der Waals surface area contributed by atoms with E-state index in [4.69, 9.17) is 19.4 Å². The number of aliphatic hydroxyl groups is 2. The number of aromatic nitrogens is 3. The van der Waals surface area contributed by atoms with Crippen molar-refractivity contribution in [2.45, 2.75) is 52.6 Å². The van der Waals surface area contributed by atoms with Crippen LogP contribution in [-0.2, 0) is 12.8 Å². The molecule has 0 bridgehead atoms. The maximum Gasteiger partial charge on any atom is 0.259 e. The first-order valence-corrected chi connectivity index (χ1v) is 11.7. The van der Waals surface area contributed by atoms with Crippen molar-refractivity contribution in [3.05, 3.63) is 41.1 Å². The Kier molecular flexibility index (Phi) is 7.25. The lowest BCUT2D eigenvalue weighted by molar-refractivity contribution is 0.0531. The molecule has 4 rings (SSSR count). The minimum absolute atomic E-state index is 0.0379. The molecule has 1 unspecified atom stereocenters. The van der Waals surface area contributed by atoms with Crippen LogP contribution >= 0.6 is 0 Å². The first-order chi connectivity index (χ1) is 16.0. The monoisotopic (exact) mass is 452 g/mol. The molecule has 2 aromatic heterocycles. The average molecular weight is 453 g/mol. The SMILES string of the molecule is CCc1cc(-c2nc(-c3cc(C)c(OCC(O)CO)c(CC)c3)no2)cnc1N1CCCC1. The molecule has 3 heterocycles. The van der Waals surface area contributed by atoms with E-state index in [1.807, 2.05) is 32.2 Å². The van der Waals surface area contributed by atoms with Crippen LogP contribution in [-0.4, -0.2) is 57.7 Å². The number of rotatable bonds is 9. The molecule has 176 valence electrons. The second-order valence-corrected chi connectivity index (χ2v) is 8.46. The van der Waals surface area contributed by atoms with Gasteiger partial charge in [0.05, 0.1) is 12.2 Å². The lowest BCUT2D eigenvalue weighted by Crippen LogP contribution is -2.22. The molecule has 0 spiro atoms. The molecule has 33 heavy (non-hydrogen) atoms. The highest BCUT2D eigenvalue weighted by Crippen LogP contribution is 2.32. The number of benzene rings is 1. The predicted octanol–water partition coefficient (Wildman–Crippen LogP) is 3.56. The molecular formula is C25H32N4O4. The molecule has 2 N–H and O–H groups in total. The van der Waals surface area contributed by atoms with Crippen molar-refractivity contribution in [1.82, 2.24) is 15.1 Å². The summed E-state index contributed by atoms with van der Waals surface area (Å²) in [5.74, 6) is 2.73. The Morgan fingerprint density at radius 2 is 1.82 bits per heavy atom. The van der Waals surface area contributed by atoms with E-state index >= 15 is 0 Å². The summed E-state index contributed by atoms with van der Waals surface area (Å²) in [5.41, 5.74) is 4.73. The van der Waals surface area contributed by atoms with Crippen molar-refractivity contribution in [3.63, 3.8) is 0 Å². The molecule has 1 atom stereocenters. The third-order valence-electron chi connectivity index (χ3n) is 6.02. The van der Waals surface area contributed by atoms with Gasteiger partial charge in [-0.1, -0.05) is 19.0 Å². The largest absolute Gasteiger partial charge is 0.490 e. The number of ether oxygens (including phenoxy) is 1. The summed E-state index contributed by atoms with van der Waals surface area (Å²) in [6.45, 7) is 7.93. The molecule has 0 amide bonds. The van der Waals surface area contributed by atoms with Crippen LogP contribution < -0.4 is 9.64 Å². The Labute approximate surface area is 194 Å². The highest BCUT2D eigenvalue weighted by Gasteiger charge is 2.20. The van der Waals surface area contributed by atoms with Gasteiger partial charge >= 0.3 is 0 Å². The summed E-state index contributed by atoms with van der Waals surface area (Å²) < 4.78 is 11.4. The number of aryl methyl sites for hydroxylation is 3. The van der Waals surface area contributed by atoms with Crippen LogP contribution in [0.3, 0.4) is 0 Å². The van der Waals surface area contributed by atoms with Gasteiger partial charge in [-0.05, 0) is 67.5 Å². The van der Waals surface area contributed by atoms with Crippen LogP contribution in [0.4, 0.5) is 5.82 Å². The van der Waals surface area contributed by atoms with Crippen molar-refractivity contribution in [3.8, 4) is 28.6 Å². The number of hydrogen-bond donors (Lipinski definition) is 2. The molecule has 1 aliphatic heterocycles. The smallest absolute Gasteiger partial charge is 0.259 e. The molecule has 1 aliphatic rings. The molecule has 0 aliphatic carbocycles. The Morgan fingerprint density at radius 1 is 1.09 bits per heavy atom. The summed E-state index contributed by atoms with van der Waals surface area (Å²) in [6.07, 6.45) is 4.96. The van der Waals surface area contributed by atoms with Crippen LogP contribution in [0.1, 0.15) is 43.4 Å². The van der Waals surface area contributed by atoms with Crippen LogP contribution in [0.2, 0.25) is 0 Å². The first-order valence-electron chi connectivity index (χ1n) is 11.7. The third-order valence-corrected chi connectivity index (χ3v) is 6.02. The number of hydrogen-bond acceptors (Lipinski definition) is 8. The average Bonchev–Trinajstić information content (AvgIpc) is 3.55. The van der Waals surface area contributed by atoms with Gasteiger partial charge in [0.1, 0.15) is 24.3 Å². The third kappa shape index (κ3) is 5.02. The van der Waals surface area contributed by atoms with Gasteiger partial charge in [-0.2, -0.15) is 4.98 Å². The molecule has 3 aromatic rings. The highest BCUT2D eigenvalue weighted by atomic mass is 16.5. The summed E-state index contributed by atoms with van der Waals surface area (Å²) in [4.78, 5) is 11.7. The fraction of sp³-hybridized carbons (Fsp3) is 0.480. The van der Waals surface area contributed by atoms with Gasteiger partial charge in [0.2, 0.25) is 5.82 Å². The number of anilines is 1. The van der Waals surface area contributed by atoms with Crippen molar-refractivity contribution in [1.29, 1.82) is 0 Å². The van der Waals surface area contributed by atoms with Crippen molar-refractivity contribution < 1.29 is 19.5 Å². The van der Waals surface area contributed by atoms with Crippen LogP contribution in [0, 0.1) is 6.92 Å². The molecule has 8 heteroatoms. The van der Waals surface area contributed by atoms with E-state index in [0.717, 1.165) is 54.0 Å². The van der Waals surface area contributed by atoms with E-state index < -0.39 is 6.10 Å². The first kappa shape index (κ1) is 23.2. The van der Waals surface area contributed by atoms with E-state index in [1.165, 1.54) is 18.4 Å². The Hall–Kier alpha value is -2.97. The lowest BCUT2D eigenvalue weighted by Gasteiger charge is -2.19. The van der Waals surface area contributed by atoms with E-state index in [0.29, 0.717) is 17.5 Å². The van der Waals surface area contributed by atoms with Gasteiger partial charge < -0.3 is 24.4 Å². The summed E-state index contributed by atoms with van der Waals surface area (Å²) in [5, 5.41) is 22.9. The van der Waals surface area contributed by atoms with Crippen LogP contribution in [0.15, 0.2) is 28.9 Å². The van der Waals surface area contributed by atoms with Gasteiger partial charge in [-0.15, -0.1) is 0 Å². The fourth-order valence-electron chi connectivity index (χ4n) is 4.23. The molecule has 8 nitrogen and oxygen atoms in total. The normalized spacial score (nSPS) is 14.6. The molecule has 1 saturated heterocycles. The standard InChI is InChI=1S/C25H32N4O4/c1-4-17-11-19(10-16(3)22(17)32-15-21(31)14-30)23-27-25(33-28-23)20-12-18(5-2)24(26-13-20)29-8-6-7-9-29/h10-13,21,30-31H,4-9,14-15H2,1-3H3. The quantitative estimate of drug-likeness (QED) is 0.508. The zero-order valence-electron chi connectivity index (χ0n) is 19.5. The minimum Gasteiger partial charge on any atom is -0.490 e. The van der Waals surface area contributed by atoms with E-state index in [-0.39, 0.29) is 13.2 Å². The molecule has 0 saturated carbocycles. The van der Waals surface area contributed by atoms with E-state index in [1.54, 1.807) is 0 Å². The summed E-state index contributed by atoms with van der Waals surface area (Å²) >= 11 is 0. The van der Waals surface area contributed by atoms with Gasteiger partial charge in [0.15, 0.2) is 0 Å². The van der Waals surface area contributed by atoms with Crippen molar-refractivity contribution in [2.75, 3.05) is 31.2 Å². The Balaban J connectivity index is 1.60. The van der Waals surface area contributed by atoms with Crippen LogP contribution in [0.5, 0.6) is 5.75 Å². The maximum absolute atomic E-state index is 9.62. The molecular weight excluding hydrogens is 420 g/mol. The van der Waals surface area contributed by atoms with E-state index in [2.05, 4.69) is 28.0 Å². The summed E-state index contributed by atoms with van der Waals surface area (Å²) in [6, 6.07) is 6.03. The highest BCUT2D eigenvalue weighted by molar-refractivity contribution is 5.65. The molecule has 1 fully saturated rings. The molecule has 0 radical (unpaired) electrons. The van der Waals surface area contributed by atoms with Crippen LogP contribution in [0.25, 0.3) is 22.8 Å². The van der Waals surface area contributed by atoms with E-state index in [9.17, 15) is 5.11 Å². The second-order valence-electron chi connectivity index (χ2n) is 8.46. The van der Waals surface area contributed by atoms with Gasteiger partial charge in [0.25, 0.3) is 5.89 Å². The number of aliphatic hydroxyl groups excluding tert-OH is 2. The number of nitrogens with zero attached hydrogens (tertiary/aromatic N) is 4. The fourth-order valence-corrected chi connectivity index (χ4v) is 4.23. The Bertz CT molecular complexity index is 1090. The number of pyridine rings is 1. The summed E-state index contributed by atoms with van der Waals surface area (Å²) in [7, 11) is 0. The zero-order chi connectivity index (χ0) is 23.4. The molecule has 1 aromatic carbocycles. The minimum atomic E-state index is -0.910. The Morgan fingerprint density at radius 3 is 2.52 bits per heavy atom. The maximum atomic E-state index is 9.62. The lowest BCUT2D eigenvalue weighted by atomic mass is 10.0. The zero-order valence-corrected chi connectivity index (χ0v) is 19.5. The predicted molar refractivity (Wildman–Crippen MR) is 126 cm³/mol. The van der Waals surface area contributed by atoms with Gasteiger partial charge in [0, 0.05) is 24.8 Å². The van der Waals surface area contributed by atoms with Gasteiger partial charge in [-0.25, -0.2) is 4.98 Å².